The van der Waals surface area contributed by atoms with Crippen LogP contribution in [0.15, 0.2) is 52.1 Å². The van der Waals surface area contributed by atoms with Gasteiger partial charge in [-0.05, 0) is 70.4 Å². The van der Waals surface area contributed by atoms with E-state index in [0.29, 0.717) is 24.2 Å². The molecular weight excluding hydrogens is 460 g/mol. The lowest BCUT2D eigenvalue weighted by Crippen LogP contribution is -2.46. The average Bonchev–Trinajstić information content (AvgIpc) is 3.33. The van der Waals surface area contributed by atoms with Gasteiger partial charge in [0.15, 0.2) is 11.6 Å². The van der Waals surface area contributed by atoms with Gasteiger partial charge in [0.2, 0.25) is 0 Å². The average molecular weight is 495 g/mol. The lowest BCUT2D eigenvalue weighted by atomic mass is 10.1. The molecule has 3 atom stereocenters. The molecule has 5 rings (SSSR count). The highest BCUT2D eigenvalue weighted by molar-refractivity contribution is 5.77. The number of benzene rings is 2. The summed E-state index contributed by atoms with van der Waals surface area (Å²) in [4.78, 5) is 27.0. The van der Waals surface area contributed by atoms with Crippen LogP contribution < -0.4 is 11.1 Å². The Labute approximate surface area is 210 Å². The molecule has 1 aromatic heterocycles. The van der Waals surface area contributed by atoms with Crippen LogP contribution in [0.1, 0.15) is 44.4 Å². The van der Waals surface area contributed by atoms with Crippen molar-refractivity contribution in [2.24, 2.45) is 0 Å². The quantitative estimate of drug-likeness (QED) is 0.505. The molecule has 36 heavy (non-hydrogen) atoms. The largest absolute Gasteiger partial charge is 0.348 e. The summed E-state index contributed by atoms with van der Waals surface area (Å²) >= 11 is 0. The van der Waals surface area contributed by atoms with E-state index in [2.05, 4.69) is 0 Å². The van der Waals surface area contributed by atoms with Gasteiger partial charge in [-0.1, -0.05) is 30.3 Å². The van der Waals surface area contributed by atoms with Crippen molar-refractivity contribution in [3.8, 4) is 0 Å². The molecule has 2 saturated heterocycles. The van der Waals surface area contributed by atoms with Crippen LogP contribution in [0.4, 0.5) is 0 Å². The summed E-state index contributed by atoms with van der Waals surface area (Å²) in [5, 5.41) is 0. The van der Waals surface area contributed by atoms with E-state index >= 15 is 0 Å². The predicted molar refractivity (Wildman–Crippen MR) is 136 cm³/mol. The molecule has 0 amide bonds. The van der Waals surface area contributed by atoms with Crippen LogP contribution in [-0.2, 0) is 32.0 Å². The van der Waals surface area contributed by atoms with E-state index in [1.165, 1.54) is 4.57 Å². The van der Waals surface area contributed by atoms with Gasteiger partial charge >= 0.3 is 11.1 Å². The molecule has 2 fully saturated rings. The Morgan fingerprint density at radius 2 is 1.44 bits per heavy atom. The van der Waals surface area contributed by atoms with E-state index in [1.807, 2.05) is 84.0 Å². The number of fused-ring (bicyclic) bond motifs is 1. The van der Waals surface area contributed by atoms with E-state index in [4.69, 9.17) is 18.9 Å². The molecule has 0 bridgehead atoms. The topological polar surface area (TPSA) is 80.9 Å². The molecular formula is C28H34N2O6. The van der Waals surface area contributed by atoms with Gasteiger partial charge in [-0.25, -0.2) is 0 Å². The Hall–Kier alpha value is -2.78. The normalized spacial score (nSPS) is 25.0. The first-order valence-electron chi connectivity index (χ1n) is 12.4. The van der Waals surface area contributed by atoms with Gasteiger partial charge in [-0.3, -0.25) is 18.7 Å². The Morgan fingerprint density at radius 3 is 2.06 bits per heavy atom. The fourth-order valence-corrected chi connectivity index (χ4v) is 5.15. The summed E-state index contributed by atoms with van der Waals surface area (Å²) < 4.78 is 27.4. The maximum absolute atomic E-state index is 13.5. The summed E-state index contributed by atoms with van der Waals surface area (Å²) in [6.07, 6.45) is -1.31. The molecule has 0 spiro atoms. The molecule has 0 saturated carbocycles. The molecule has 0 radical (unpaired) electrons. The molecule has 0 N–H and O–H groups in total. The van der Waals surface area contributed by atoms with Crippen molar-refractivity contribution in [3.63, 3.8) is 0 Å². The lowest BCUT2D eigenvalue weighted by molar-refractivity contribution is -0.174. The Balaban J connectivity index is 1.60. The molecule has 3 aromatic rings. The van der Waals surface area contributed by atoms with Gasteiger partial charge in [0.1, 0.15) is 18.3 Å². The third-order valence-electron chi connectivity index (χ3n) is 7.01. The number of aromatic nitrogens is 2. The van der Waals surface area contributed by atoms with Crippen LogP contribution in [0.5, 0.6) is 0 Å². The van der Waals surface area contributed by atoms with Crippen molar-refractivity contribution in [1.82, 2.24) is 9.13 Å². The van der Waals surface area contributed by atoms with Crippen molar-refractivity contribution in [2.75, 3.05) is 6.61 Å². The highest BCUT2D eigenvalue weighted by Gasteiger charge is 2.50. The summed E-state index contributed by atoms with van der Waals surface area (Å²) in [6, 6.07) is 13.6. The van der Waals surface area contributed by atoms with Gasteiger partial charge in [0.25, 0.3) is 0 Å². The van der Waals surface area contributed by atoms with Crippen molar-refractivity contribution < 1.29 is 18.9 Å². The molecule has 2 aromatic carbocycles. The predicted octanol–water partition coefficient (Wildman–Crippen LogP) is 3.50. The van der Waals surface area contributed by atoms with E-state index < -0.39 is 34.9 Å². The zero-order valence-corrected chi connectivity index (χ0v) is 21.7. The fourth-order valence-electron chi connectivity index (χ4n) is 5.15. The monoisotopic (exact) mass is 494 g/mol. The highest BCUT2D eigenvalue weighted by Crippen LogP contribution is 2.36. The summed E-state index contributed by atoms with van der Waals surface area (Å²) in [5.74, 6) is -1.58. The standard InChI is InChI=1S/C28H34N2O6/c1-17-12-20-21(13-18(17)2)30(26(32)25(31)29(20)14-19-10-8-7-9-11-19)15-22-24(36-28(5,6)34-22)23-16-33-27(3,4)35-23/h7-13,22-24H,14-16H2,1-6H3/t22-,23+,24-/m0/s1. The summed E-state index contributed by atoms with van der Waals surface area (Å²) in [5.41, 5.74) is 3.29. The number of ether oxygens (including phenoxy) is 4. The highest BCUT2D eigenvalue weighted by atomic mass is 16.8. The number of hydrogen-bond acceptors (Lipinski definition) is 6. The molecule has 3 heterocycles. The Morgan fingerprint density at radius 1 is 0.833 bits per heavy atom. The third kappa shape index (κ3) is 4.66. The number of aryl methyl sites for hydroxylation is 2. The van der Waals surface area contributed by atoms with E-state index in [9.17, 15) is 9.59 Å². The van der Waals surface area contributed by atoms with E-state index in [0.717, 1.165) is 16.7 Å². The van der Waals surface area contributed by atoms with Crippen molar-refractivity contribution in [3.05, 3.63) is 79.9 Å². The second-order valence-electron chi connectivity index (χ2n) is 10.7. The first kappa shape index (κ1) is 24.9. The number of hydrogen-bond donors (Lipinski definition) is 0. The fraction of sp³-hybridized carbons (Fsp3) is 0.500. The maximum Gasteiger partial charge on any atom is 0.317 e. The lowest BCUT2D eigenvalue weighted by Gasteiger charge is -2.25. The van der Waals surface area contributed by atoms with Gasteiger partial charge in [-0.2, -0.15) is 0 Å². The van der Waals surface area contributed by atoms with Crippen LogP contribution in [0, 0.1) is 13.8 Å². The summed E-state index contributed by atoms with van der Waals surface area (Å²) in [7, 11) is 0. The van der Waals surface area contributed by atoms with Crippen LogP contribution in [0.3, 0.4) is 0 Å². The molecule has 2 aliphatic rings. The van der Waals surface area contributed by atoms with Gasteiger partial charge in [0, 0.05) is 0 Å². The minimum atomic E-state index is -0.861. The van der Waals surface area contributed by atoms with E-state index in [-0.39, 0.29) is 12.6 Å². The molecule has 8 heteroatoms. The van der Waals surface area contributed by atoms with Crippen molar-refractivity contribution in [2.45, 2.75) is 84.5 Å². The number of rotatable bonds is 5. The zero-order valence-electron chi connectivity index (χ0n) is 21.7. The number of nitrogens with zero attached hydrogens (tertiary/aromatic N) is 2. The van der Waals surface area contributed by atoms with Crippen molar-refractivity contribution in [1.29, 1.82) is 0 Å². The van der Waals surface area contributed by atoms with Crippen LogP contribution in [0.2, 0.25) is 0 Å². The van der Waals surface area contributed by atoms with Gasteiger partial charge in [0.05, 0.1) is 30.7 Å². The summed E-state index contributed by atoms with van der Waals surface area (Å²) in [6.45, 7) is 12.2. The molecule has 8 nitrogen and oxygen atoms in total. The van der Waals surface area contributed by atoms with Crippen LogP contribution in [0.25, 0.3) is 11.0 Å². The molecule has 192 valence electrons. The molecule has 2 aliphatic heterocycles. The second kappa shape index (κ2) is 8.95. The second-order valence-corrected chi connectivity index (χ2v) is 10.7. The van der Waals surface area contributed by atoms with Gasteiger partial charge < -0.3 is 18.9 Å². The molecule has 0 aliphatic carbocycles. The first-order chi connectivity index (χ1) is 16.9. The first-order valence-corrected chi connectivity index (χ1v) is 12.4. The minimum absolute atomic E-state index is 0.160. The Kier molecular flexibility index (Phi) is 6.19. The third-order valence-corrected chi connectivity index (χ3v) is 7.01. The maximum atomic E-state index is 13.5. The Bertz CT molecular complexity index is 1410. The van der Waals surface area contributed by atoms with Crippen LogP contribution in [-0.4, -0.2) is 45.6 Å². The van der Waals surface area contributed by atoms with Crippen molar-refractivity contribution >= 4 is 11.0 Å². The van der Waals surface area contributed by atoms with Gasteiger partial charge in [-0.15, -0.1) is 0 Å². The van der Waals surface area contributed by atoms with Crippen LogP contribution >= 0.6 is 0 Å². The molecule has 0 unspecified atom stereocenters. The SMILES string of the molecule is Cc1cc2c(cc1C)n(C[C@@H]1OC(C)(C)O[C@@H]1[C@H]1COC(C)(C)O1)c(=O)c(=O)n2Cc1ccccc1. The van der Waals surface area contributed by atoms with E-state index in [1.54, 1.807) is 4.57 Å². The minimum Gasteiger partial charge on any atom is -0.348 e. The smallest absolute Gasteiger partial charge is 0.317 e. The zero-order chi connectivity index (χ0) is 25.8.